The molecule has 0 fully saturated rings. The maximum Gasteiger partial charge on any atom is 0.290 e. The molecule has 0 radical (unpaired) electrons. The van der Waals surface area contributed by atoms with E-state index in [9.17, 15) is 17.6 Å². The fourth-order valence-corrected chi connectivity index (χ4v) is 3.84. The zero-order valence-corrected chi connectivity index (χ0v) is 16.7. The largest absolute Gasteiger partial charge is 0.483 e. The molecule has 0 saturated heterocycles. The van der Waals surface area contributed by atoms with Gasteiger partial charge in [-0.15, -0.1) is 0 Å². The van der Waals surface area contributed by atoms with Crippen molar-refractivity contribution in [1.29, 1.82) is 0 Å². The molecule has 3 rings (SSSR count). The maximum atomic E-state index is 13.1. The molecule has 3 aromatic rings. The lowest BCUT2D eigenvalue weighted by atomic mass is 10.1. The number of hydrogen-bond acceptors (Lipinski definition) is 6. The second-order valence-electron chi connectivity index (χ2n) is 6.01. The summed E-state index contributed by atoms with van der Waals surface area (Å²) in [5, 5.41) is 13.3. The van der Waals surface area contributed by atoms with Gasteiger partial charge in [0.1, 0.15) is 5.82 Å². The standard InChI is InChI=1S/C19H17FN2O4S.CH2O2/c1-13-18(14-7-9-15(20)10-8-14)19(26-22-13)21-17(23)11-12-27(24,25)16-5-3-2-4-6-16;2-1-3/h2-10H,11-12H2,1H3,(H,21,23);1H,(H,2,3). The van der Waals surface area contributed by atoms with E-state index in [2.05, 4.69) is 10.5 Å². The summed E-state index contributed by atoms with van der Waals surface area (Å²) in [7, 11) is -3.56. The number of amides is 1. The van der Waals surface area contributed by atoms with Gasteiger partial charge in [-0.2, -0.15) is 0 Å². The van der Waals surface area contributed by atoms with Crippen LogP contribution in [0.15, 0.2) is 64.0 Å². The van der Waals surface area contributed by atoms with Crippen LogP contribution >= 0.6 is 0 Å². The normalized spacial score (nSPS) is 10.6. The molecule has 1 amide bonds. The minimum absolute atomic E-state index is 0.0983. The maximum absolute atomic E-state index is 13.1. The average Bonchev–Trinajstić information content (AvgIpc) is 3.08. The first-order valence-electron chi connectivity index (χ1n) is 8.66. The molecule has 2 aromatic carbocycles. The second kappa shape index (κ2) is 10.3. The van der Waals surface area contributed by atoms with Gasteiger partial charge in [0.2, 0.25) is 11.8 Å². The Labute approximate surface area is 172 Å². The summed E-state index contributed by atoms with van der Waals surface area (Å²) in [5.74, 6) is -1.14. The zero-order valence-electron chi connectivity index (χ0n) is 15.9. The number of nitrogens with zero attached hydrogens (tertiary/aromatic N) is 1. The van der Waals surface area contributed by atoms with E-state index in [1.54, 1.807) is 37.3 Å². The fraction of sp³-hybridized carbons (Fsp3) is 0.150. The Morgan fingerprint density at radius 3 is 2.37 bits per heavy atom. The third-order valence-corrected chi connectivity index (χ3v) is 5.68. The third-order valence-electron chi connectivity index (χ3n) is 3.95. The number of halogens is 1. The van der Waals surface area contributed by atoms with Crippen LogP contribution in [0.5, 0.6) is 0 Å². The average molecular weight is 434 g/mol. The lowest BCUT2D eigenvalue weighted by Gasteiger charge is -2.06. The van der Waals surface area contributed by atoms with E-state index in [1.165, 1.54) is 24.3 Å². The lowest BCUT2D eigenvalue weighted by Crippen LogP contribution is -2.17. The van der Waals surface area contributed by atoms with Gasteiger partial charge in [-0.05, 0) is 36.8 Å². The van der Waals surface area contributed by atoms with Crippen LogP contribution in [0.25, 0.3) is 11.1 Å². The van der Waals surface area contributed by atoms with Crippen LogP contribution in [-0.4, -0.2) is 36.8 Å². The predicted octanol–water partition coefficient (Wildman–Crippen LogP) is 3.29. The molecule has 30 heavy (non-hydrogen) atoms. The lowest BCUT2D eigenvalue weighted by molar-refractivity contribution is -0.123. The molecule has 158 valence electrons. The number of nitrogens with one attached hydrogen (secondary N) is 1. The predicted molar refractivity (Wildman–Crippen MR) is 107 cm³/mol. The van der Waals surface area contributed by atoms with Gasteiger partial charge in [0.05, 0.1) is 21.9 Å². The van der Waals surface area contributed by atoms with Crippen molar-refractivity contribution in [3.05, 3.63) is 66.1 Å². The smallest absolute Gasteiger partial charge is 0.290 e. The van der Waals surface area contributed by atoms with Crippen LogP contribution in [0.1, 0.15) is 12.1 Å². The summed E-state index contributed by atoms with van der Waals surface area (Å²) in [4.78, 5) is 20.7. The first-order valence-corrected chi connectivity index (χ1v) is 10.3. The third kappa shape index (κ3) is 5.98. The van der Waals surface area contributed by atoms with E-state index >= 15 is 0 Å². The number of carboxylic acid groups (broad SMARTS) is 1. The fourth-order valence-electron chi connectivity index (χ4n) is 2.57. The molecule has 0 aliphatic rings. The van der Waals surface area contributed by atoms with Gasteiger partial charge in [-0.3, -0.25) is 14.9 Å². The summed E-state index contributed by atoms with van der Waals surface area (Å²) in [5.41, 5.74) is 1.67. The molecule has 0 aliphatic carbocycles. The van der Waals surface area contributed by atoms with Crippen molar-refractivity contribution in [1.82, 2.24) is 5.16 Å². The van der Waals surface area contributed by atoms with E-state index in [1.807, 2.05) is 0 Å². The van der Waals surface area contributed by atoms with Crippen LogP contribution in [-0.2, 0) is 19.4 Å². The topological polar surface area (TPSA) is 127 Å². The Morgan fingerprint density at radius 1 is 1.17 bits per heavy atom. The van der Waals surface area contributed by atoms with E-state index in [0.717, 1.165) is 0 Å². The Kier molecular flexibility index (Phi) is 7.82. The van der Waals surface area contributed by atoms with Crippen molar-refractivity contribution in [3.63, 3.8) is 0 Å². The van der Waals surface area contributed by atoms with Gasteiger partial charge in [0.15, 0.2) is 9.84 Å². The first-order chi connectivity index (χ1) is 14.3. The number of rotatable bonds is 6. The number of carbonyl (C=O) groups is 2. The highest BCUT2D eigenvalue weighted by Gasteiger charge is 2.20. The molecule has 0 atom stereocenters. The molecule has 1 aromatic heterocycles. The van der Waals surface area contributed by atoms with Gasteiger partial charge in [0.25, 0.3) is 6.47 Å². The monoisotopic (exact) mass is 434 g/mol. The van der Waals surface area contributed by atoms with Crippen molar-refractivity contribution in [3.8, 4) is 11.1 Å². The Balaban J connectivity index is 0.00000101. The van der Waals surface area contributed by atoms with Gasteiger partial charge in [-0.1, -0.05) is 35.5 Å². The summed E-state index contributed by atoms with van der Waals surface area (Å²) < 4.78 is 42.8. The first kappa shape index (κ1) is 22.8. The molecular formula is C20H19FN2O6S. The second-order valence-corrected chi connectivity index (χ2v) is 8.12. The number of hydrogen-bond donors (Lipinski definition) is 2. The summed E-state index contributed by atoms with van der Waals surface area (Å²) >= 11 is 0. The van der Waals surface area contributed by atoms with E-state index in [-0.39, 0.29) is 35.2 Å². The quantitative estimate of drug-likeness (QED) is 0.570. The minimum Gasteiger partial charge on any atom is -0.483 e. The highest BCUT2D eigenvalue weighted by molar-refractivity contribution is 7.91. The molecule has 0 aliphatic heterocycles. The molecule has 0 unspecified atom stereocenters. The van der Waals surface area contributed by atoms with Crippen molar-refractivity contribution < 1.29 is 32.0 Å². The van der Waals surface area contributed by atoms with Crippen molar-refractivity contribution in [2.24, 2.45) is 0 Å². The summed E-state index contributed by atoms with van der Waals surface area (Å²) in [6.45, 7) is 1.44. The molecular weight excluding hydrogens is 415 g/mol. The van der Waals surface area contributed by atoms with Crippen LogP contribution in [0, 0.1) is 12.7 Å². The van der Waals surface area contributed by atoms with Crippen molar-refractivity contribution in [2.45, 2.75) is 18.2 Å². The van der Waals surface area contributed by atoms with Gasteiger partial charge in [0, 0.05) is 6.42 Å². The highest BCUT2D eigenvalue weighted by atomic mass is 32.2. The minimum atomic E-state index is -3.56. The number of carbonyl (C=O) groups excluding carboxylic acids is 1. The SMILES string of the molecule is Cc1noc(NC(=O)CCS(=O)(=O)c2ccccc2)c1-c1ccc(F)cc1.O=CO. The van der Waals surface area contributed by atoms with Crippen molar-refractivity contribution in [2.75, 3.05) is 11.1 Å². The number of anilines is 1. The van der Waals surface area contributed by atoms with Crippen LogP contribution < -0.4 is 5.32 Å². The van der Waals surface area contributed by atoms with Crippen molar-refractivity contribution >= 4 is 28.1 Å². The number of aryl methyl sites for hydroxylation is 1. The van der Waals surface area contributed by atoms with Crippen LogP contribution in [0.3, 0.4) is 0 Å². The summed E-state index contributed by atoms with van der Waals surface area (Å²) in [6.07, 6.45) is -0.236. The van der Waals surface area contributed by atoms with Crippen LogP contribution in [0.2, 0.25) is 0 Å². The molecule has 10 heteroatoms. The van der Waals surface area contributed by atoms with E-state index in [4.69, 9.17) is 14.4 Å². The molecule has 0 spiro atoms. The zero-order chi connectivity index (χ0) is 22.1. The summed E-state index contributed by atoms with van der Waals surface area (Å²) in [6, 6.07) is 13.6. The number of aromatic nitrogens is 1. The molecule has 2 N–H and O–H groups in total. The highest BCUT2D eigenvalue weighted by Crippen LogP contribution is 2.31. The van der Waals surface area contributed by atoms with E-state index in [0.29, 0.717) is 16.8 Å². The molecule has 1 heterocycles. The Hall–Kier alpha value is -3.53. The number of sulfone groups is 1. The van der Waals surface area contributed by atoms with Gasteiger partial charge in [-0.25, -0.2) is 12.8 Å². The Bertz CT molecular complexity index is 1100. The van der Waals surface area contributed by atoms with E-state index < -0.39 is 15.7 Å². The molecule has 0 bridgehead atoms. The molecule has 0 saturated carbocycles. The van der Waals surface area contributed by atoms with Crippen LogP contribution in [0.4, 0.5) is 10.3 Å². The Morgan fingerprint density at radius 2 is 1.77 bits per heavy atom. The van der Waals surface area contributed by atoms with Gasteiger partial charge < -0.3 is 9.63 Å². The number of benzene rings is 2. The van der Waals surface area contributed by atoms with Gasteiger partial charge >= 0.3 is 0 Å². The molecule has 8 nitrogen and oxygen atoms in total.